The molecular weight excluding hydrogens is 368 g/mol. The van der Waals surface area contributed by atoms with E-state index < -0.39 is 0 Å². The molecule has 0 saturated heterocycles. The van der Waals surface area contributed by atoms with E-state index in [2.05, 4.69) is 51.2 Å². The van der Waals surface area contributed by atoms with E-state index in [1.807, 2.05) is 38.1 Å². The molecule has 144 valence electrons. The van der Waals surface area contributed by atoms with Gasteiger partial charge < -0.3 is 10.2 Å². The van der Waals surface area contributed by atoms with Crippen LogP contribution in [0.1, 0.15) is 11.4 Å². The summed E-state index contributed by atoms with van der Waals surface area (Å²) in [5, 5.41) is 11.1. The summed E-state index contributed by atoms with van der Waals surface area (Å²) in [5.41, 5.74) is 3.58. The van der Waals surface area contributed by atoms with Crippen molar-refractivity contribution >= 4 is 27.4 Å². The average molecular weight is 393 g/mol. The minimum Gasteiger partial charge on any atom is -0.369 e. The second-order valence-corrected chi connectivity index (χ2v) is 7.98. The van der Waals surface area contributed by atoms with E-state index in [-0.39, 0.29) is 0 Å². The number of benzene rings is 1. The van der Waals surface area contributed by atoms with Crippen LogP contribution in [0.2, 0.25) is 0 Å². The van der Waals surface area contributed by atoms with Gasteiger partial charge >= 0.3 is 0 Å². The first-order valence-corrected chi connectivity index (χ1v) is 10.2. The maximum atomic E-state index is 4.86. The van der Waals surface area contributed by atoms with Gasteiger partial charge in [0.15, 0.2) is 0 Å². The maximum Gasteiger partial charge on any atom is 0.146 e. The van der Waals surface area contributed by atoms with Crippen LogP contribution >= 0.6 is 11.3 Å². The minimum absolute atomic E-state index is 0.714. The van der Waals surface area contributed by atoms with Gasteiger partial charge in [0, 0.05) is 30.7 Å². The van der Waals surface area contributed by atoms with Crippen molar-refractivity contribution < 1.29 is 0 Å². The molecule has 1 N–H and O–H groups in total. The Hall–Kier alpha value is -2.77. The number of thiophene rings is 1. The smallest absolute Gasteiger partial charge is 0.146 e. The van der Waals surface area contributed by atoms with E-state index >= 15 is 0 Å². The zero-order valence-electron chi connectivity index (χ0n) is 16.4. The summed E-state index contributed by atoms with van der Waals surface area (Å²) in [6.07, 6.45) is 4.86. The summed E-state index contributed by atoms with van der Waals surface area (Å²) in [6.45, 7) is 1.51. The number of hydrogen-bond acceptors (Lipinski definition) is 6. The number of hydrogen-bond donors (Lipinski definition) is 1. The van der Waals surface area contributed by atoms with Gasteiger partial charge in [-0.15, -0.1) is 11.3 Å². The molecule has 28 heavy (non-hydrogen) atoms. The molecule has 0 aliphatic heterocycles. The molecule has 0 aliphatic rings. The van der Waals surface area contributed by atoms with Crippen molar-refractivity contribution in [2.24, 2.45) is 7.05 Å². The van der Waals surface area contributed by atoms with Gasteiger partial charge in [-0.05, 0) is 31.6 Å². The van der Waals surface area contributed by atoms with Crippen LogP contribution in [0.4, 0.5) is 5.82 Å². The van der Waals surface area contributed by atoms with Gasteiger partial charge in [-0.25, -0.2) is 9.97 Å². The van der Waals surface area contributed by atoms with Gasteiger partial charge in [0.1, 0.15) is 16.5 Å². The molecule has 6 nitrogen and oxygen atoms in total. The lowest BCUT2D eigenvalue weighted by Gasteiger charge is -2.13. The number of nitrogens with one attached hydrogen (secondary N) is 1. The largest absolute Gasteiger partial charge is 0.369 e. The molecule has 1 aromatic carbocycles. The van der Waals surface area contributed by atoms with E-state index in [1.165, 1.54) is 16.7 Å². The van der Waals surface area contributed by atoms with Crippen molar-refractivity contribution in [1.82, 2.24) is 24.6 Å². The fraction of sp³-hybridized carbons (Fsp3) is 0.286. The van der Waals surface area contributed by atoms with Crippen molar-refractivity contribution in [3.63, 3.8) is 0 Å². The molecule has 7 heteroatoms. The lowest BCUT2D eigenvalue weighted by molar-refractivity contribution is 0.391. The second-order valence-electron chi connectivity index (χ2n) is 7.12. The van der Waals surface area contributed by atoms with Crippen LogP contribution < -0.4 is 5.32 Å². The zero-order valence-corrected chi connectivity index (χ0v) is 17.2. The first-order chi connectivity index (χ1) is 13.6. The lowest BCUT2D eigenvalue weighted by atomic mass is 10.1. The van der Waals surface area contributed by atoms with Crippen molar-refractivity contribution in [2.45, 2.75) is 13.0 Å². The van der Waals surface area contributed by atoms with Gasteiger partial charge in [0.25, 0.3) is 0 Å². The molecule has 0 atom stereocenters. The first kappa shape index (κ1) is 18.6. The Balaban J connectivity index is 1.68. The Bertz CT molecular complexity index is 1070. The highest BCUT2D eigenvalue weighted by molar-refractivity contribution is 7.17. The maximum absolute atomic E-state index is 4.86. The summed E-state index contributed by atoms with van der Waals surface area (Å²) >= 11 is 1.67. The van der Waals surface area contributed by atoms with E-state index in [0.29, 0.717) is 6.54 Å². The third-order valence-corrected chi connectivity index (χ3v) is 5.36. The Kier molecular flexibility index (Phi) is 5.36. The number of nitrogens with zero attached hydrogens (tertiary/aromatic N) is 5. The van der Waals surface area contributed by atoms with Crippen LogP contribution in [-0.4, -0.2) is 45.3 Å². The Morgan fingerprint density at radius 3 is 2.68 bits per heavy atom. The van der Waals surface area contributed by atoms with Crippen LogP contribution in [-0.2, 0) is 20.0 Å². The lowest BCUT2D eigenvalue weighted by Crippen LogP contribution is -2.15. The van der Waals surface area contributed by atoms with Crippen molar-refractivity contribution in [3.05, 3.63) is 59.5 Å². The number of rotatable bonds is 7. The molecule has 3 aromatic heterocycles. The molecule has 0 saturated carbocycles. The van der Waals surface area contributed by atoms with Gasteiger partial charge in [-0.2, -0.15) is 5.10 Å². The SMILES string of the molecule is CN(C)Cc1nc(NCCc2cnn(C)c2)c2c(-c3ccccc3)csc2n1. The summed E-state index contributed by atoms with van der Waals surface area (Å²) in [7, 11) is 6.01. The van der Waals surface area contributed by atoms with E-state index in [4.69, 9.17) is 9.97 Å². The fourth-order valence-electron chi connectivity index (χ4n) is 3.22. The van der Waals surface area contributed by atoms with Crippen LogP contribution in [0.5, 0.6) is 0 Å². The van der Waals surface area contributed by atoms with E-state index in [1.54, 1.807) is 11.3 Å². The van der Waals surface area contributed by atoms with E-state index in [0.717, 1.165) is 34.8 Å². The highest BCUT2D eigenvalue weighted by atomic mass is 32.1. The molecule has 0 amide bonds. The Morgan fingerprint density at radius 2 is 1.96 bits per heavy atom. The second kappa shape index (κ2) is 8.08. The van der Waals surface area contributed by atoms with Gasteiger partial charge in [-0.3, -0.25) is 4.68 Å². The fourth-order valence-corrected chi connectivity index (χ4v) is 4.19. The van der Waals surface area contributed by atoms with Crippen LogP contribution in [0, 0.1) is 0 Å². The number of anilines is 1. The van der Waals surface area contributed by atoms with Gasteiger partial charge in [0.2, 0.25) is 0 Å². The summed E-state index contributed by atoms with van der Waals surface area (Å²) in [6, 6.07) is 10.4. The first-order valence-electron chi connectivity index (χ1n) is 9.30. The molecule has 3 heterocycles. The highest BCUT2D eigenvalue weighted by Crippen LogP contribution is 2.37. The van der Waals surface area contributed by atoms with Crippen LogP contribution in [0.15, 0.2) is 48.1 Å². The minimum atomic E-state index is 0.714. The van der Waals surface area contributed by atoms with Crippen molar-refractivity contribution in [3.8, 4) is 11.1 Å². The highest BCUT2D eigenvalue weighted by Gasteiger charge is 2.15. The third kappa shape index (κ3) is 4.05. The topological polar surface area (TPSA) is 58.9 Å². The average Bonchev–Trinajstić information content (AvgIpc) is 3.28. The molecule has 0 bridgehead atoms. The normalized spacial score (nSPS) is 11.4. The zero-order chi connectivity index (χ0) is 19.5. The molecule has 4 aromatic rings. The predicted octanol–water partition coefficient (Wildman–Crippen LogP) is 3.81. The van der Waals surface area contributed by atoms with Crippen LogP contribution in [0.25, 0.3) is 21.3 Å². The van der Waals surface area contributed by atoms with Gasteiger partial charge in [-0.1, -0.05) is 30.3 Å². The van der Waals surface area contributed by atoms with Crippen molar-refractivity contribution in [1.29, 1.82) is 0 Å². The quantitative estimate of drug-likeness (QED) is 0.518. The number of aryl methyl sites for hydroxylation is 1. The van der Waals surface area contributed by atoms with Crippen LogP contribution in [0.3, 0.4) is 0 Å². The molecule has 0 unspecified atom stereocenters. The summed E-state index contributed by atoms with van der Waals surface area (Å²) in [5.74, 6) is 1.74. The number of fused-ring (bicyclic) bond motifs is 1. The third-order valence-electron chi connectivity index (χ3n) is 4.49. The van der Waals surface area contributed by atoms with E-state index in [9.17, 15) is 0 Å². The molecule has 4 rings (SSSR count). The predicted molar refractivity (Wildman–Crippen MR) is 116 cm³/mol. The Labute approximate surface area is 168 Å². The molecule has 0 fully saturated rings. The molecule has 0 radical (unpaired) electrons. The van der Waals surface area contributed by atoms with Gasteiger partial charge in [0.05, 0.1) is 18.1 Å². The monoisotopic (exact) mass is 392 g/mol. The Morgan fingerprint density at radius 1 is 1.14 bits per heavy atom. The standard InChI is InChI=1S/C21H24N6S/c1-26(2)13-18-24-20(22-10-9-15-11-23-27(3)12-15)19-17(14-28-21(19)25-18)16-7-5-4-6-8-16/h4-8,11-12,14H,9-10,13H2,1-3H3,(H,22,24,25). The molecular formula is C21H24N6S. The molecule has 0 spiro atoms. The molecule has 0 aliphatic carbocycles. The summed E-state index contributed by atoms with van der Waals surface area (Å²) < 4.78 is 1.83. The number of aromatic nitrogens is 4. The summed E-state index contributed by atoms with van der Waals surface area (Å²) in [4.78, 5) is 12.8. The van der Waals surface area contributed by atoms with Crippen molar-refractivity contribution in [2.75, 3.05) is 26.0 Å².